The van der Waals surface area contributed by atoms with Crippen LogP contribution in [0.1, 0.15) is 31.3 Å². The minimum atomic E-state index is -0.250. The quantitative estimate of drug-likeness (QED) is 0.718. The van der Waals surface area contributed by atoms with Crippen LogP contribution in [0.2, 0.25) is 0 Å². The van der Waals surface area contributed by atoms with Crippen LogP contribution >= 0.6 is 24.8 Å². The monoisotopic (exact) mass is 367 g/mol. The van der Waals surface area contributed by atoms with Gasteiger partial charge in [-0.3, -0.25) is 0 Å². The number of fused-ring (bicyclic) bond motifs is 1. The third kappa shape index (κ3) is 3.66. The van der Waals surface area contributed by atoms with Crippen LogP contribution in [-0.2, 0) is 5.41 Å². The number of halogens is 2. The van der Waals surface area contributed by atoms with Crippen molar-refractivity contribution >= 4 is 35.8 Å². The van der Waals surface area contributed by atoms with E-state index in [-0.39, 0.29) is 36.3 Å². The van der Waals surface area contributed by atoms with Gasteiger partial charge in [0.25, 0.3) is 0 Å². The minimum absolute atomic E-state index is 0. The molecule has 1 heterocycles. The van der Waals surface area contributed by atoms with E-state index in [9.17, 15) is 0 Å². The van der Waals surface area contributed by atoms with Gasteiger partial charge in [-0.15, -0.1) is 24.8 Å². The summed E-state index contributed by atoms with van der Waals surface area (Å²) in [5.74, 6) is 1.65. The van der Waals surface area contributed by atoms with Crippen LogP contribution in [0.3, 0.4) is 0 Å². The molecule has 0 aliphatic carbocycles. The Balaban J connectivity index is 0.00000144. The van der Waals surface area contributed by atoms with E-state index in [1.165, 1.54) is 0 Å². The van der Waals surface area contributed by atoms with Crippen LogP contribution in [0.25, 0.3) is 11.0 Å². The summed E-state index contributed by atoms with van der Waals surface area (Å²) in [7, 11) is 1.67. The molecule has 0 aliphatic heterocycles. The number of methoxy groups -OCH3 is 1. The number of aromatic nitrogens is 2. The van der Waals surface area contributed by atoms with E-state index in [1.54, 1.807) is 7.11 Å². The molecule has 3 N–H and O–H groups in total. The first-order valence-electron chi connectivity index (χ1n) is 7.37. The maximum Gasteiger partial charge on any atom is 0.125 e. The summed E-state index contributed by atoms with van der Waals surface area (Å²) in [6.07, 6.45) is 0. The summed E-state index contributed by atoms with van der Waals surface area (Å²) in [5, 5.41) is 0. The van der Waals surface area contributed by atoms with Gasteiger partial charge in [-0.2, -0.15) is 0 Å². The lowest BCUT2D eigenvalue weighted by Crippen LogP contribution is -2.34. The Hall–Kier alpha value is -1.75. The van der Waals surface area contributed by atoms with Gasteiger partial charge < -0.3 is 15.5 Å². The van der Waals surface area contributed by atoms with E-state index in [1.807, 2.05) is 36.4 Å². The molecular formula is C18H23Cl2N3O. The van der Waals surface area contributed by atoms with Gasteiger partial charge in [-0.25, -0.2) is 4.98 Å². The van der Waals surface area contributed by atoms with Crippen LogP contribution in [0.15, 0.2) is 48.5 Å². The predicted molar refractivity (Wildman–Crippen MR) is 104 cm³/mol. The summed E-state index contributed by atoms with van der Waals surface area (Å²) in [6.45, 7) is 4.26. The normalized spacial score (nSPS) is 12.2. The number of nitrogens with one attached hydrogen (secondary N) is 1. The summed E-state index contributed by atoms with van der Waals surface area (Å²) in [4.78, 5) is 7.97. The Bertz CT molecular complexity index is 751. The molecule has 0 spiro atoms. The van der Waals surface area contributed by atoms with Gasteiger partial charge in [0.2, 0.25) is 0 Å². The van der Waals surface area contributed by atoms with Gasteiger partial charge >= 0.3 is 0 Å². The number of H-pyrrole nitrogens is 1. The highest BCUT2D eigenvalue weighted by molar-refractivity contribution is 5.85. The molecule has 24 heavy (non-hydrogen) atoms. The number of nitrogens with zero attached hydrogens (tertiary/aromatic N) is 1. The molecule has 0 aliphatic rings. The first kappa shape index (κ1) is 20.3. The van der Waals surface area contributed by atoms with Crippen molar-refractivity contribution in [1.82, 2.24) is 9.97 Å². The molecule has 1 unspecified atom stereocenters. The lowest BCUT2D eigenvalue weighted by molar-refractivity contribution is 0.401. The average molecular weight is 368 g/mol. The van der Waals surface area contributed by atoms with Crippen molar-refractivity contribution in [3.63, 3.8) is 0 Å². The Morgan fingerprint density at radius 3 is 2.25 bits per heavy atom. The molecule has 3 rings (SSSR count). The van der Waals surface area contributed by atoms with E-state index in [0.29, 0.717) is 0 Å². The van der Waals surface area contributed by atoms with Crippen molar-refractivity contribution in [3.8, 4) is 5.75 Å². The van der Waals surface area contributed by atoms with Crippen LogP contribution < -0.4 is 10.5 Å². The topological polar surface area (TPSA) is 63.9 Å². The van der Waals surface area contributed by atoms with Gasteiger partial charge in [0.1, 0.15) is 11.6 Å². The second-order valence-electron chi connectivity index (χ2n) is 6.07. The van der Waals surface area contributed by atoms with Gasteiger partial charge in [-0.05, 0) is 29.8 Å². The summed E-state index contributed by atoms with van der Waals surface area (Å²) in [5.41, 5.74) is 9.37. The molecule has 3 aromatic rings. The SMILES string of the molecule is COc1ccc(C(C)(C)C(N)c2nc3ccccc3[nH]2)cc1.Cl.Cl. The van der Waals surface area contributed by atoms with E-state index < -0.39 is 0 Å². The van der Waals surface area contributed by atoms with Crippen LogP contribution in [0, 0.1) is 0 Å². The van der Waals surface area contributed by atoms with Gasteiger partial charge in [0.05, 0.1) is 24.2 Å². The van der Waals surface area contributed by atoms with Crippen molar-refractivity contribution in [3.05, 3.63) is 59.9 Å². The number of nitrogens with two attached hydrogens (primary N) is 1. The molecule has 0 saturated heterocycles. The second kappa shape index (κ2) is 7.88. The number of benzene rings is 2. The van der Waals surface area contributed by atoms with Gasteiger partial charge in [0, 0.05) is 5.41 Å². The third-order valence-electron chi connectivity index (χ3n) is 4.31. The fourth-order valence-corrected chi connectivity index (χ4v) is 2.66. The van der Waals surface area contributed by atoms with E-state index in [4.69, 9.17) is 10.5 Å². The Morgan fingerprint density at radius 1 is 1.04 bits per heavy atom. The maximum atomic E-state index is 6.51. The number of rotatable bonds is 4. The predicted octanol–water partition coefficient (Wildman–Crippen LogP) is 4.39. The lowest BCUT2D eigenvalue weighted by Gasteiger charge is -2.31. The molecule has 0 amide bonds. The van der Waals surface area contributed by atoms with E-state index in [2.05, 4.69) is 35.9 Å². The molecule has 1 aromatic heterocycles. The highest BCUT2D eigenvalue weighted by Gasteiger charge is 2.31. The summed E-state index contributed by atoms with van der Waals surface area (Å²) in [6, 6.07) is 15.8. The molecule has 130 valence electrons. The number of aromatic amines is 1. The number of hydrogen-bond donors (Lipinski definition) is 2. The zero-order valence-electron chi connectivity index (χ0n) is 13.9. The third-order valence-corrected chi connectivity index (χ3v) is 4.31. The Morgan fingerprint density at radius 2 is 1.67 bits per heavy atom. The molecule has 0 bridgehead atoms. The molecule has 0 fully saturated rings. The van der Waals surface area contributed by atoms with Gasteiger partial charge in [-0.1, -0.05) is 38.1 Å². The molecule has 2 aromatic carbocycles. The first-order chi connectivity index (χ1) is 10.5. The maximum absolute atomic E-state index is 6.51. The van der Waals surface area contributed by atoms with Crippen LogP contribution in [0.4, 0.5) is 0 Å². The molecule has 4 nitrogen and oxygen atoms in total. The molecule has 1 atom stereocenters. The molecule has 0 radical (unpaired) electrons. The summed E-state index contributed by atoms with van der Waals surface area (Å²) < 4.78 is 5.22. The molecule has 0 saturated carbocycles. The largest absolute Gasteiger partial charge is 0.497 e. The summed E-state index contributed by atoms with van der Waals surface area (Å²) >= 11 is 0. The number of para-hydroxylation sites is 2. The molecular weight excluding hydrogens is 345 g/mol. The van der Waals surface area contributed by atoms with E-state index >= 15 is 0 Å². The lowest BCUT2D eigenvalue weighted by atomic mass is 9.78. The highest BCUT2D eigenvalue weighted by atomic mass is 35.5. The van der Waals surface area contributed by atoms with Crippen molar-refractivity contribution < 1.29 is 4.74 Å². The van der Waals surface area contributed by atoms with Gasteiger partial charge in [0.15, 0.2) is 0 Å². The van der Waals surface area contributed by atoms with Crippen LogP contribution in [0.5, 0.6) is 5.75 Å². The fourth-order valence-electron chi connectivity index (χ4n) is 2.66. The number of ether oxygens (including phenoxy) is 1. The van der Waals surface area contributed by atoms with Crippen molar-refractivity contribution in [1.29, 1.82) is 0 Å². The zero-order chi connectivity index (χ0) is 15.7. The number of hydrogen-bond acceptors (Lipinski definition) is 3. The van der Waals surface area contributed by atoms with Crippen LogP contribution in [-0.4, -0.2) is 17.1 Å². The number of imidazole rings is 1. The first-order valence-corrected chi connectivity index (χ1v) is 7.37. The smallest absolute Gasteiger partial charge is 0.125 e. The van der Waals surface area contributed by atoms with Crippen molar-refractivity contribution in [2.75, 3.05) is 7.11 Å². The fraction of sp³-hybridized carbons (Fsp3) is 0.278. The zero-order valence-corrected chi connectivity index (χ0v) is 15.6. The standard InChI is InChI=1S/C18H21N3O.2ClH/c1-18(2,12-8-10-13(22-3)11-9-12)16(19)17-20-14-6-4-5-7-15(14)21-17;;/h4-11,16H,19H2,1-3H3,(H,20,21);2*1H. The Labute approximate surface area is 154 Å². The molecule has 6 heteroatoms. The highest BCUT2D eigenvalue weighted by Crippen LogP contribution is 2.35. The minimum Gasteiger partial charge on any atom is -0.497 e. The van der Waals surface area contributed by atoms with Crippen molar-refractivity contribution in [2.45, 2.75) is 25.3 Å². The second-order valence-corrected chi connectivity index (χ2v) is 6.07. The Kier molecular flexibility index (Phi) is 6.67. The average Bonchev–Trinajstić information content (AvgIpc) is 2.98. The van der Waals surface area contributed by atoms with Crippen molar-refractivity contribution in [2.24, 2.45) is 5.73 Å². The van der Waals surface area contributed by atoms with E-state index in [0.717, 1.165) is 28.2 Å².